The Labute approximate surface area is 136 Å². The molecule has 120 valence electrons. The molecule has 0 bridgehead atoms. The van der Waals surface area contributed by atoms with E-state index in [9.17, 15) is 9.18 Å². The molecule has 2 fully saturated rings. The largest absolute Gasteiger partial charge is 0.337 e. The molecule has 1 heterocycles. The molecule has 22 heavy (non-hydrogen) atoms. The van der Waals surface area contributed by atoms with Crippen LogP contribution in [0, 0.1) is 11.7 Å². The van der Waals surface area contributed by atoms with Crippen molar-refractivity contribution < 1.29 is 9.18 Å². The van der Waals surface area contributed by atoms with E-state index >= 15 is 0 Å². The Morgan fingerprint density at radius 3 is 2.68 bits per heavy atom. The van der Waals surface area contributed by atoms with Crippen molar-refractivity contribution in [1.29, 1.82) is 0 Å². The van der Waals surface area contributed by atoms with Crippen LogP contribution in [0.15, 0.2) is 18.2 Å². The molecule has 3 rings (SSSR count). The SMILES string of the molecule is CN(C(=O)c1ccc(F)c(Cl)c1)[C@H](CN1CCCC1)C1CC1. The molecule has 0 radical (unpaired) electrons. The zero-order valence-corrected chi connectivity index (χ0v) is 13.7. The third-order valence-corrected chi connectivity index (χ3v) is 5.08. The maximum atomic E-state index is 13.3. The molecular formula is C17H22ClFN2O. The maximum absolute atomic E-state index is 13.3. The van der Waals surface area contributed by atoms with Gasteiger partial charge in [-0.2, -0.15) is 0 Å². The van der Waals surface area contributed by atoms with Gasteiger partial charge in [0.25, 0.3) is 5.91 Å². The summed E-state index contributed by atoms with van der Waals surface area (Å²) in [7, 11) is 1.86. The van der Waals surface area contributed by atoms with Crippen molar-refractivity contribution in [3.05, 3.63) is 34.6 Å². The van der Waals surface area contributed by atoms with Gasteiger partial charge in [-0.15, -0.1) is 0 Å². The first-order valence-corrected chi connectivity index (χ1v) is 8.38. The number of likely N-dealkylation sites (N-methyl/N-ethyl adjacent to an activating group) is 1. The summed E-state index contributed by atoms with van der Waals surface area (Å²) < 4.78 is 13.3. The van der Waals surface area contributed by atoms with Crippen molar-refractivity contribution in [3.8, 4) is 0 Å². The molecule has 1 aromatic carbocycles. The van der Waals surface area contributed by atoms with Crippen LogP contribution in [-0.4, -0.2) is 48.4 Å². The third-order valence-electron chi connectivity index (χ3n) is 4.79. The molecule has 1 atom stereocenters. The molecule has 1 amide bonds. The second kappa shape index (κ2) is 6.55. The summed E-state index contributed by atoms with van der Waals surface area (Å²) >= 11 is 5.80. The fourth-order valence-corrected chi connectivity index (χ4v) is 3.46. The van der Waals surface area contributed by atoms with Gasteiger partial charge in [-0.25, -0.2) is 4.39 Å². The van der Waals surface area contributed by atoms with Gasteiger partial charge in [-0.05, 0) is 62.9 Å². The molecule has 1 aromatic rings. The summed E-state index contributed by atoms with van der Waals surface area (Å²) in [5.74, 6) is 0.0418. The van der Waals surface area contributed by atoms with Crippen LogP contribution in [0.5, 0.6) is 0 Å². The monoisotopic (exact) mass is 324 g/mol. The van der Waals surface area contributed by atoms with Gasteiger partial charge in [0.05, 0.1) is 5.02 Å². The van der Waals surface area contributed by atoms with Crippen molar-refractivity contribution in [2.45, 2.75) is 31.7 Å². The van der Waals surface area contributed by atoms with E-state index in [-0.39, 0.29) is 17.0 Å². The minimum absolute atomic E-state index is 0.00163. The van der Waals surface area contributed by atoms with Crippen LogP contribution in [0.25, 0.3) is 0 Å². The van der Waals surface area contributed by atoms with Gasteiger partial charge >= 0.3 is 0 Å². The maximum Gasteiger partial charge on any atom is 0.253 e. The van der Waals surface area contributed by atoms with Gasteiger partial charge in [-0.3, -0.25) is 4.79 Å². The predicted octanol–water partition coefficient (Wildman–Crippen LogP) is 3.43. The second-order valence-corrected chi connectivity index (χ2v) is 6.86. The molecule has 1 aliphatic carbocycles. The molecule has 0 unspecified atom stereocenters. The minimum Gasteiger partial charge on any atom is -0.337 e. The Balaban J connectivity index is 1.72. The molecule has 3 nitrogen and oxygen atoms in total. The second-order valence-electron chi connectivity index (χ2n) is 6.46. The van der Waals surface area contributed by atoms with Crippen molar-refractivity contribution in [2.75, 3.05) is 26.7 Å². The van der Waals surface area contributed by atoms with E-state index < -0.39 is 5.82 Å². The summed E-state index contributed by atoms with van der Waals surface area (Å²) in [5, 5.41) is 0.00163. The number of carbonyl (C=O) groups excluding carboxylic acids is 1. The third kappa shape index (κ3) is 3.44. The summed E-state index contributed by atoms with van der Waals surface area (Å²) in [4.78, 5) is 17.0. The topological polar surface area (TPSA) is 23.6 Å². The van der Waals surface area contributed by atoms with Gasteiger partial charge in [0.2, 0.25) is 0 Å². The molecule has 2 aliphatic rings. The number of rotatable bonds is 5. The van der Waals surface area contributed by atoms with Crippen LogP contribution in [0.1, 0.15) is 36.0 Å². The lowest BCUT2D eigenvalue weighted by molar-refractivity contribution is 0.0672. The van der Waals surface area contributed by atoms with Crippen LogP contribution in [0.2, 0.25) is 5.02 Å². The first-order chi connectivity index (χ1) is 10.6. The number of halogens is 2. The zero-order chi connectivity index (χ0) is 15.7. The standard InChI is InChI=1S/C17H22ClFN2O/c1-20(17(22)13-6-7-15(19)14(18)10-13)16(12-4-5-12)11-21-8-2-3-9-21/h6-7,10,12,16H,2-5,8-9,11H2,1H3/t16-/m1/s1. The molecule has 0 aromatic heterocycles. The van der Waals surface area contributed by atoms with Gasteiger partial charge in [0.1, 0.15) is 5.82 Å². The normalized spacial score (nSPS) is 20.1. The number of nitrogens with zero attached hydrogens (tertiary/aromatic N) is 2. The van der Waals surface area contributed by atoms with Crippen molar-refractivity contribution in [2.24, 2.45) is 5.92 Å². The first-order valence-electron chi connectivity index (χ1n) is 8.01. The predicted molar refractivity (Wildman–Crippen MR) is 85.7 cm³/mol. The van der Waals surface area contributed by atoms with E-state index in [1.165, 1.54) is 43.9 Å². The van der Waals surface area contributed by atoms with Gasteiger partial charge in [-0.1, -0.05) is 11.6 Å². The highest BCUT2D eigenvalue weighted by atomic mass is 35.5. The number of hydrogen-bond donors (Lipinski definition) is 0. The summed E-state index contributed by atoms with van der Waals surface area (Å²) in [6.45, 7) is 3.21. The Bertz CT molecular complexity index is 556. The minimum atomic E-state index is -0.489. The van der Waals surface area contributed by atoms with Crippen LogP contribution in [0.3, 0.4) is 0 Å². The van der Waals surface area contributed by atoms with Crippen LogP contribution in [-0.2, 0) is 0 Å². The number of likely N-dealkylation sites (tertiary alicyclic amines) is 1. The van der Waals surface area contributed by atoms with Gasteiger partial charge < -0.3 is 9.80 Å². The van der Waals surface area contributed by atoms with Crippen molar-refractivity contribution in [1.82, 2.24) is 9.80 Å². The highest BCUT2D eigenvalue weighted by molar-refractivity contribution is 6.31. The highest BCUT2D eigenvalue weighted by Crippen LogP contribution is 2.36. The fraction of sp³-hybridized carbons (Fsp3) is 0.588. The summed E-state index contributed by atoms with van der Waals surface area (Å²) in [6.07, 6.45) is 4.89. The number of hydrogen-bond acceptors (Lipinski definition) is 2. The molecule has 5 heteroatoms. The number of amides is 1. The molecule has 0 N–H and O–H groups in total. The smallest absolute Gasteiger partial charge is 0.253 e. The lowest BCUT2D eigenvalue weighted by atomic mass is 10.1. The van der Waals surface area contributed by atoms with Crippen LogP contribution < -0.4 is 0 Å². The lowest BCUT2D eigenvalue weighted by Gasteiger charge is -2.32. The fourth-order valence-electron chi connectivity index (χ4n) is 3.28. The number of benzene rings is 1. The Morgan fingerprint density at radius 2 is 2.09 bits per heavy atom. The average Bonchev–Trinajstić information content (AvgIpc) is 3.22. The van der Waals surface area contributed by atoms with E-state index in [0.29, 0.717) is 11.5 Å². The van der Waals surface area contributed by atoms with E-state index in [1.807, 2.05) is 11.9 Å². The average molecular weight is 325 g/mol. The van der Waals surface area contributed by atoms with E-state index in [0.717, 1.165) is 19.6 Å². The zero-order valence-electron chi connectivity index (χ0n) is 12.9. The van der Waals surface area contributed by atoms with E-state index in [1.54, 1.807) is 0 Å². The van der Waals surface area contributed by atoms with Gasteiger partial charge in [0.15, 0.2) is 0 Å². The highest BCUT2D eigenvalue weighted by Gasteiger charge is 2.37. The molecule has 1 saturated carbocycles. The van der Waals surface area contributed by atoms with Crippen molar-refractivity contribution >= 4 is 17.5 Å². The molecule has 0 spiro atoms. The molecule has 1 saturated heterocycles. The Hall–Kier alpha value is -1.13. The Morgan fingerprint density at radius 1 is 1.41 bits per heavy atom. The molecule has 1 aliphatic heterocycles. The lowest BCUT2D eigenvalue weighted by Crippen LogP contribution is -2.45. The van der Waals surface area contributed by atoms with E-state index in [2.05, 4.69) is 4.90 Å². The summed E-state index contributed by atoms with van der Waals surface area (Å²) in [6, 6.07) is 4.44. The summed E-state index contributed by atoms with van der Waals surface area (Å²) in [5.41, 5.74) is 0.459. The van der Waals surface area contributed by atoms with Crippen LogP contribution in [0.4, 0.5) is 4.39 Å². The van der Waals surface area contributed by atoms with Crippen molar-refractivity contribution in [3.63, 3.8) is 0 Å². The molecular weight excluding hydrogens is 303 g/mol. The number of carbonyl (C=O) groups is 1. The quantitative estimate of drug-likeness (QED) is 0.828. The van der Waals surface area contributed by atoms with Crippen LogP contribution >= 0.6 is 11.6 Å². The van der Waals surface area contributed by atoms with Gasteiger partial charge in [0, 0.05) is 25.2 Å². The van der Waals surface area contributed by atoms with E-state index in [4.69, 9.17) is 11.6 Å². The first kappa shape index (κ1) is 15.8. The Kier molecular flexibility index (Phi) is 4.69.